The molecule has 3 nitrogen and oxygen atoms in total. The first-order chi connectivity index (χ1) is 26.8. The molecule has 0 aliphatic heterocycles. The molecule has 11 aromatic rings. The molecule has 0 unspecified atom stereocenters. The number of aromatic nitrogens is 3. The van der Waals surface area contributed by atoms with E-state index >= 15 is 0 Å². The summed E-state index contributed by atoms with van der Waals surface area (Å²) in [5.41, 5.74) is 12.3. The molecular weight excluding hydrogens is 675 g/mol. The van der Waals surface area contributed by atoms with E-state index < -0.39 is 0 Å². The number of nitrogens with zero attached hydrogens (tertiary/aromatic N) is 3. The molecule has 0 N–H and O–H groups in total. The van der Waals surface area contributed by atoms with Gasteiger partial charge in [-0.2, -0.15) is 0 Å². The highest BCUT2D eigenvalue weighted by molar-refractivity contribution is 7.26. The van der Waals surface area contributed by atoms with Crippen LogP contribution in [0.25, 0.3) is 103 Å². The summed E-state index contributed by atoms with van der Waals surface area (Å²) in [5.74, 6) is 0.732. The Morgan fingerprint density at radius 2 is 1.04 bits per heavy atom. The van der Waals surface area contributed by atoms with Crippen LogP contribution in [-0.4, -0.2) is 14.5 Å². The molecule has 0 spiro atoms. The zero-order valence-electron chi connectivity index (χ0n) is 29.1. The van der Waals surface area contributed by atoms with Gasteiger partial charge in [-0.25, -0.2) is 9.97 Å². The van der Waals surface area contributed by atoms with Crippen LogP contribution in [0.4, 0.5) is 0 Å². The summed E-state index contributed by atoms with van der Waals surface area (Å²) in [7, 11) is 0. The normalized spacial score (nSPS) is 11.7. The highest BCUT2D eigenvalue weighted by Crippen LogP contribution is 2.43. The number of hydrogen-bond donors (Lipinski definition) is 0. The van der Waals surface area contributed by atoms with Crippen molar-refractivity contribution in [2.75, 3.05) is 0 Å². The number of thiophene rings is 1. The lowest BCUT2D eigenvalue weighted by Gasteiger charge is -2.12. The fourth-order valence-electron chi connectivity index (χ4n) is 8.08. The molecule has 4 heteroatoms. The van der Waals surface area contributed by atoms with E-state index in [0.29, 0.717) is 0 Å². The maximum absolute atomic E-state index is 5.17. The smallest absolute Gasteiger partial charge is 0.160 e. The standard InChI is InChI=1S/C50H31N3S/c1-4-13-32(14-5-1)49-41-31-36(23-26-43(41)51-50(52-49)33-15-6-2-7-16-33)38-20-12-22-47-48(38)42-30-35(25-28-46(42)54-47)34-24-27-45-40(29-34)39-19-10-11-21-44(39)53(45)37-17-8-3-9-18-37/h1-31H. The van der Waals surface area contributed by atoms with Crippen molar-refractivity contribution in [1.82, 2.24) is 14.5 Å². The number of hydrogen-bond acceptors (Lipinski definition) is 3. The Morgan fingerprint density at radius 3 is 1.85 bits per heavy atom. The Labute approximate surface area is 316 Å². The summed E-state index contributed by atoms with van der Waals surface area (Å²) in [6, 6.07) is 67.3. The predicted octanol–water partition coefficient (Wildman–Crippen LogP) is 13.8. The predicted molar refractivity (Wildman–Crippen MR) is 229 cm³/mol. The van der Waals surface area contributed by atoms with Crippen molar-refractivity contribution in [3.63, 3.8) is 0 Å². The van der Waals surface area contributed by atoms with Gasteiger partial charge in [0.1, 0.15) is 0 Å². The molecule has 8 aromatic carbocycles. The molecule has 0 radical (unpaired) electrons. The molecule has 0 saturated heterocycles. The molecule has 3 aromatic heterocycles. The highest BCUT2D eigenvalue weighted by atomic mass is 32.1. The topological polar surface area (TPSA) is 30.7 Å². The molecule has 0 bridgehead atoms. The SMILES string of the molecule is c1ccc(-c2nc(-c3ccccc3)c3cc(-c4cccc5sc6ccc(-c7ccc8c(c7)c7ccccc7n8-c7ccccc7)cc6c45)ccc3n2)cc1. The first-order valence-corrected chi connectivity index (χ1v) is 19.1. The molecule has 0 amide bonds. The Morgan fingerprint density at radius 1 is 0.389 bits per heavy atom. The van der Waals surface area contributed by atoms with Crippen molar-refractivity contribution >= 4 is 64.2 Å². The van der Waals surface area contributed by atoms with Crippen molar-refractivity contribution in [3.8, 4) is 50.6 Å². The summed E-state index contributed by atoms with van der Waals surface area (Å²) in [6.07, 6.45) is 0. The molecule has 252 valence electrons. The average Bonchev–Trinajstić information content (AvgIpc) is 3.79. The average molecular weight is 706 g/mol. The second-order valence-electron chi connectivity index (χ2n) is 13.8. The van der Waals surface area contributed by atoms with E-state index in [-0.39, 0.29) is 0 Å². The Kier molecular flexibility index (Phi) is 7.04. The molecular formula is C50H31N3S. The van der Waals surface area contributed by atoms with Crippen LogP contribution in [-0.2, 0) is 0 Å². The van der Waals surface area contributed by atoms with Gasteiger partial charge in [0, 0.05) is 53.1 Å². The minimum absolute atomic E-state index is 0.732. The van der Waals surface area contributed by atoms with E-state index in [2.05, 4.69) is 168 Å². The second-order valence-corrected chi connectivity index (χ2v) is 14.9. The van der Waals surface area contributed by atoms with Crippen molar-refractivity contribution in [2.45, 2.75) is 0 Å². The third kappa shape index (κ3) is 4.96. The van der Waals surface area contributed by atoms with Crippen molar-refractivity contribution in [3.05, 3.63) is 188 Å². The van der Waals surface area contributed by atoms with Crippen LogP contribution in [0.15, 0.2) is 188 Å². The van der Waals surface area contributed by atoms with Gasteiger partial charge >= 0.3 is 0 Å². The van der Waals surface area contributed by atoms with Gasteiger partial charge < -0.3 is 4.57 Å². The lowest BCUT2D eigenvalue weighted by molar-refractivity contribution is 1.18. The maximum Gasteiger partial charge on any atom is 0.160 e. The quantitative estimate of drug-likeness (QED) is 0.178. The molecule has 0 aliphatic rings. The molecule has 0 atom stereocenters. The number of fused-ring (bicyclic) bond motifs is 7. The van der Waals surface area contributed by atoms with Crippen LogP contribution in [0.2, 0.25) is 0 Å². The first kappa shape index (κ1) is 30.7. The van der Waals surface area contributed by atoms with Crippen LogP contribution >= 0.6 is 11.3 Å². The minimum Gasteiger partial charge on any atom is -0.309 e. The lowest BCUT2D eigenvalue weighted by Crippen LogP contribution is -1.95. The molecule has 3 heterocycles. The van der Waals surface area contributed by atoms with Gasteiger partial charge in [-0.05, 0) is 82.9 Å². The van der Waals surface area contributed by atoms with Gasteiger partial charge in [-0.1, -0.05) is 127 Å². The van der Waals surface area contributed by atoms with Gasteiger partial charge in [0.05, 0.1) is 22.2 Å². The third-order valence-electron chi connectivity index (χ3n) is 10.6. The molecule has 54 heavy (non-hydrogen) atoms. The van der Waals surface area contributed by atoms with Crippen LogP contribution in [0.5, 0.6) is 0 Å². The monoisotopic (exact) mass is 705 g/mol. The van der Waals surface area contributed by atoms with Gasteiger partial charge in [-0.3, -0.25) is 0 Å². The first-order valence-electron chi connectivity index (χ1n) is 18.2. The number of para-hydroxylation sites is 2. The van der Waals surface area contributed by atoms with Gasteiger partial charge in [0.2, 0.25) is 0 Å². The van der Waals surface area contributed by atoms with Crippen molar-refractivity contribution < 1.29 is 0 Å². The lowest BCUT2D eigenvalue weighted by atomic mass is 9.95. The van der Waals surface area contributed by atoms with Crippen LogP contribution in [0.3, 0.4) is 0 Å². The third-order valence-corrected chi connectivity index (χ3v) is 11.7. The van der Waals surface area contributed by atoms with E-state index in [4.69, 9.17) is 9.97 Å². The van der Waals surface area contributed by atoms with E-state index in [0.717, 1.165) is 39.1 Å². The zero-order chi connectivity index (χ0) is 35.6. The summed E-state index contributed by atoms with van der Waals surface area (Å²) < 4.78 is 4.93. The Hall–Kier alpha value is -6.88. The van der Waals surface area contributed by atoms with E-state index in [9.17, 15) is 0 Å². The van der Waals surface area contributed by atoms with Crippen LogP contribution < -0.4 is 0 Å². The van der Waals surface area contributed by atoms with Gasteiger partial charge in [0.15, 0.2) is 5.82 Å². The van der Waals surface area contributed by atoms with Crippen LogP contribution in [0.1, 0.15) is 0 Å². The highest BCUT2D eigenvalue weighted by Gasteiger charge is 2.17. The van der Waals surface area contributed by atoms with E-state index in [1.807, 2.05) is 35.6 Å². The molecule has 0 saturated carbocycles. The largest absolute Gasteiger partial charge is 0.309 e. The van der Waals surface area contributed by atoms with Gasteiger partial charge in [0.25, 0.3) is 0 Å². The fraction of sp³-hybridized carbons (Fsp3) is 0. The summed E-state index contributed by atoms with van der Waals surface area (Å²) in [5, 5.41) is 6.11. The van der Waals surface area contributed by atoms with Crippen LogP contribution in [0, 0.1) is 0 Å². The van der Waals surface area contributed by atoms with Crippen molar-refractivity contribution in [1.29, 1.82) is 0 Å². The number of rotatable bonds is 5. The van der Waals surface area contributed by atoms with Crippen molar-refractivity contribution in [2.24, 2.45) is 0 Å². The van der Waals surface area contributed by atoms with E-state index in [1.54, 1.807) is 0 Å². The molecule has 0 fully saturated rings. The van der Waals surface area contributed by atoms with E-state index in [1.165, 1.54) is 64.4 Å². The second kappa shape index (κ2) is 12.4. The van der Waals surface area contributed by atoms with Gasteiger partial charge in [-0.15, -0.1) is 11.3 Å². The summed E-state index contributed by atoms with van der Waals surface area (Å²) in [6.45, 7) is 0. The Balaban J connectivity index is 1.08. The molecule has 0 aliphatic carbocycles. The minimum atomic E-state index is 0.732. The Bertz CT molecular complexity index is 3200. The number of benzene rings is 8. The molecule has 11 rings (SSSR count). The fourth-order valence-corrected chi connectivity index (χ4v) is 9.20. The zero-order valence-corrected chi connectivity index (χ0v) is 30.0. The summed E-state index contributed by atoms with van der Waals surface area (Å²) >= 11 is 1.85. The summed E-state index contributed by atoms with van der Waals surface area (Å²) in [4.78, 5) is 10.2. The maximum atomic E-state index is 5.17.